The minimum atomic E-state index is -0.974. The Morgan fingerprint density at radius 1 is 1.30 bits per heavy atom. The van der Waals surface area contributed by atoms with Crippen LogP contribution in [0.15, 0.2) is 0 Å². The molecule has 130 valence electrons. The Bertz CT molecular complexity index is 441. The molecule has 1 saturated heterocycles. The van der Waals surface area contributed by atoms with Gasteiger partial charge in [0, 0.05) is 12.8 Å². The summed E-state index contributed by atoms with van der Waals surface area (Å²) in [7, 11) is 0. The third-order valence-electron chi connectivity index (χ3n) is 3.11. The summed E-state index contributed by atoms with van der Waals surface area (Å²) in [6.07, 6.45) is 3.09. The molecular weight excluding hydrogens is 324 g/mol. The first-order valence-electron chi connectivity index (χ1n) is 7.49. The summed E-state index contributed by atoms with van der Waals surface area (Å²) in [4.78, 5) is 51.5. The van der Waals surface area contributed by atoms with E-state index in [9.17, 15) is 19.2 Å². The van der Waals surface area contributed by atoms with Crippen LogP contribution in [0.5, 0.6) is 0 Å². The number of amides is 3. The quantitative estimate of drug-likeness (QED) is 0.495. The molecule has 0 unspecified atom stereocenters. The number of nitrogens with one attached hydrogen (secondary N) is 1. The summed E-state index contributed by atoms with van der Waals surface area (Å²) < 4.78 is 4.94. The number of hydrogen-bond acceptors (Lipinski definition) is 7. The molecular formula is C14H22N2O6S. The van der Waals surface area contributed by atoms with E-state index in [4.69, 9.17) is 9.57 Å². The van der Waals surface area contributed by atoms with E-state index in [1.165, 1.54) is 11.8 Å². The van der Waals surface area contributed by atoms with E-state index in [-0.39, 0.29) is 19.4 Å². The van der Waals surface area contributed by atoms with Gasteiger partial charge in [-0.25, -0.2) is 9.59 Å². The number of thioether (sulfide) groups is 1. The molecule has 1 atom stereocenters. The summed E-state index contributed by atoms with van der Waals surface area (Å²) >= 11 is 1.49. The lowest BCUT2D eigenvalue weighted by Crippen LogP contribution is -2.45. The number of nitrogens with zero attached hydrogens (tertiary/aromatic N) is 1. The largest absolute Gasteiger partial charge is 0.450 e. The summed E-state index contributed by atoms with van der Waals surface area (Å²) in [6, 6.07) is -0.974. The number of alkyl carbamates (subject to hydrolysis) is 1. The van der Waals surface area contributed by atoms with Crippen LogP contribution < -0.4 is 5.32 Å². The lowest BCUT2D eigenvalue weighted by Gasteiger charge is -2.19. The van der Waals surface area contributed by atoms with Gasteiger partial charge in [0.25, 0.3) is 11.8 Å². The second-order valence-electron chi connectivity index (χ2n) is 4.96. The first-order chi connectivity index (χ1) is 11.0. The average Bonchev–Trinajstić information content (AvgIpc) is 2.83. The van der Waals surface area contributed by atoms with Gasteiger partial charge in [-0.2, -0.15) is 11.8 Å². The number of unbranched alkanes of at least 4 members (excludes halogenated alkanes) is 1. The van der Waals surface area contributed by atoms with Crippen molar-refractivity contribution in [3.05, 3.63) is 0 Å². The van der Waals surface area contributed by atoms with E-state index in [1.54, 1.807) is 0 Å². The van der Waals surface area contributed by atoms with Crippen LogP contribution in [0.1, 0.15) is 39.0 Å². The molecule has 0 bridgehead atoms. The van der Waals surface area contributed by atoms with Crippen molar-refractivity contribution in [1.29, 1.82) is 0 Å². The molecule has 1 heterocycles. The fourth-order valence-electron chi connectivity index (χ4n) is 1.79. The molecule has 1 N–H and O–H groups in total. The van der Waals surface area contributed by atoms with Crippen LogP contribution in [0.3, 0.4) is 0 Å². The van der Waals surface area contributed by atoms with Gasteiger partial charge in [0.15, 0.2) is 0 Å². The maximum absolute atomic E-state index is 12.1. The lowest BCUT2D eigenvalue weighted by molar-refractivity contribution is -0.198. The van der Waals surface area contributed by atoms with E-state index >= 15 is 0 Å². The molecule has 1 fully saturated rings. The highest BCUT2D eigenvalue weighted by atomic mass is 32.2. The first kappa shape index (κ1) is 19.3. The third-order valence-corrected chi connectivity index (χ3v) is 3.75. The molecule has 0 spiro atoms. The third kappa shape index (κ3) is 6.47. The van der Waals surface area contributed by atoms with Crippen molar-refractivity contribution in [2.45, 2.75) is 45.1 Å². The van der Waals surface area contributed by atoms with Gasteiger partial charge < -0.3 is 14.9 Å². The van der Waals surface area contributed by atoms with Gasteiger partial charge in [-0.05, 0) is 24.9 Å². The van der Waals surface area contributed by atoms with E-state index in [1.807, 2.05) is 13.2 Å². The molecule has 0 radical (unpaired) electrons. The van der Waals surface area contributed by atoms with Crippen LogP contribution in [-0.4, -0.2) is 53.6 Å². The molecule has 1 rings (SSSR count). The minimum Gasteiger partial charge on any atom is -0.450 e. The van der Waals surface area contributed by atoms with Crippen LogP contribution in [0, 0.1) is 0 Å². The molecule has 0 aromatic rings. The molecule has 0 aromatic heterocycles. The van der Waals surface area contributed by atoms with Crippen molar-refractivity contribution in [2.75, 3.05) is 18.6 Å². The Hall–Kier alpha value is -1.77. The smallest absolute Gasteiger partial charge is 0.407 e. The normalized spacial score (nSPS) is 15.5. The van der Waals surface area contributed by atoms with Crippen molar-refractivity contribution in [1.82, 2.24) is 10.4 Å². The molecule has 0 saturated carbocycles. The number of rotatable bonds is 9. The fraction of sp³-hybridized carbons (Fsp3) is 0.714. The number of ether oxygens (including phenoxy) is 1. The van der Waals surface area contributed by atoms with Gasteiger partial charge in [-0.3, -0.25) is 9.59 Å². The van der Waals surface area contributed by atoms with Crippen LogP contribution in [-0.2, 0) is 24.0 Å². The highest BCUT2D eigenvalue weighted by Gasteiger charge is 2.35. The minimum absolute atomic E-state index is 0.0219. The molecule has 0 aromatic carbocycles. The van der Waals surface area contributed by atoms with Gasteiger partial charge in [-0.1, -0.05) is 13.3 Å². The second-order valence-corrected chi connectivity index (χ2v) is 5.95. The predicted octanol–water partition coefficient (Wildman–Crippen LogP) is 1.24. The Morgan fingerprint density at radius 3 is 2.52 bits per heavy atom. The van der Waals surface area contributed by atoms with Crippen LogP contribution in [0.2, 0.25) is 0 Å². The zero-order valence-corrected chi connectivity index (χ0v) is 14.1. The van der Waals surface area contributed by atoms with Gasteiger partial charge in [0.2, 0.25) is 0 Å². The van der Waals surface area contributed by atoms with Crippen molar-refractivity contribution in [3.63, 3.8) is 0 Å². The van der Waals surface area contributed by atoms with Crippen molar-refractivity contribution in [3.8, 4) is 0 Å². The van der Waals surface area contributed by atoms with Crippen molar-refractivity contribution in [2.24, 2.45) is 0 Å². The highest BCUT2D eigenvalue weighted by Crippen LogP contribution is 2.13. The standard InChI is InChI=1S/C14H22N2O6S/c1-3-4-8-21-14(20)15-10(7-9-23-2)13(19)22-16-11(17)5-6-12(16)18/h10H,3-9H2,1-2H3,(H,15,20)/t10-/m0/s1. The van der Waals surface area contributed by atoms with Gasteiger partial charge in [-0.15, -0.1) is 5.06 Å². The summed E-state index contributed by atoms with van der Waals surface area (Å²) in [5, 5.41) is 2.89. The van der Waals surface area contributed by atoms with E-state index in [0.29, 0.717) is 17.2 Å². The maximum atomic E-state index is 12.1. The van der Waals surface area contributed by atoms with Crippen molar-refractivity contribution >= 4 is 35.6 Å². The van der Waals surface area contributed by atoms with E-state index < -0.39 is 29.9 Å². The van der Waals surface area contributed by atoms with Gasteiger partial charge in [0.05, 0.1) is 6.61 Å². The maximum Gasteiger partial charge on any atom is 0.407 e. The summed E-state index contributed by atoms with van der Waals surface area (Å²) in [5.74, 6) is -1.37. The summed E-state index contributed by atoms with van der Waals surface area (Å²) in [6.45, 7) is 2.22. The highest BCUT2D eigenvalue weighted by molar-refractivity contribution is 7.98. The van der Waals surface area contributed by atoms with Crippen LogP contribution in [0.25, 0.3) is 0 Å². The lowest BCUT2D eigenvalue weighted by atomic mass is 10.2. The van der Waals surface area contributed by atoms with Gasteiger partial charge >= 0.3 is 12.1 Å². The molecule has 3 amide bonds. The van der Waals surface area contributed by atoms with Crippen LogP contribution >= 0.6 is 11.8 Å². The number of carbonyl (C=O) groups excluding carboxylic acids is 4. The Kier molecular flexibility index (Phi) is 8.46. The van der Waals surface area contributed by atoms with Crippen molar-refractivity contribution < 1.29 is 28.8 Å². The molecule has 1 aliphatic heterocycles. The van der Waals surface area contributed by atoms with E-state index in [2.05, 4.69) is 5.32 Å². The monoisotopic (exact) mass is 346 g/mol. The van der Waals surface area contributed by atoms with Gasteiger partial charge in [0.1, 0.15) is 6.04 Å². The molecule has 1 aliphatic rings. The van der Waals surface area contributed by atoms with E-state index in [0.717, 1.165) is 12.8 Å². The number of hydrogen-bond donors (Lipinski definition) is 1. The molecule has 9 heteroatoms. The second kappa shape index (κ2) is 10.1. The Labute approximate surface area is 139 Å². The molecule has 23 heavy (non-hydrogen) atoms. The van der Waals surface area contributed by atoms with Crippen LogP contribution in [0.4, 0.5) is 4.79 Å². The Balaban J connectivity index is 2.57. The first-order valence-corrected chi connectivity index (χ1v) is 8.88. The number of carbonyl (C=O) groups is 4. The zero-order valence-electron chi connectivity index (χ0n) is 13.3. The number of imide groups is 1. The fourth-order valence-corrected chi connectivity index (χ4v) is 2.26. The Morgan fingerprint density at radius 2 is 1.96 bits per heavy atom. The predicted molar refractivity (Wildman–Crippen MR) is 83.4 cm³/mol. The SMILES string of the molecule is CCCCOC(=O)N[C@@H](CCSC)C(=O)ON1C(=O)CCC1=O. The average molecular weight is 346 g/mol. The summed E-state index contributed by atoms with van der Waals surface area (Å²) in [5.41, 5.74) is 0. The molecule has 8 nitrogen and oxygen atoms in total. The molecule has 0 aliphatic carbocycles. The number of hydroxylamine groups is 2. The topological polar surface area (TPSA) is 102 Å². The zero-order chi connectivity index (χ0) is 17.2.